The van der Waals surface area contributed by atoms with Crippen molar-refractivity contribution in [3.05, 3.63) is 12.2 Å². The first kappa shape index (κ1) is 11.7. The molecule has 3 heteroatoms. The number of rotatable bonds is 5. The van der Waals surface area contributed by atoms with Gasteiger partial charge < -0.3 is 4.74 Å². The molecule has 0 fully saturated rings. The van der Waals surface area contributed by atoms with Crippen molar-refractivity contribution in [2.24, 2.45) is 5.92 Å². The Morgan fingerprint density at radius 2 is 2.25 bits per heavy atom. The maximum atomic E-state index is 11.1. The summed E-state index contributed by atoms with van der Waals surface area (Å²) in [6.45, 7) is 7.92. The van der Waals surface area contributed by atoms with Crippen LogP contribution in [-0.2, 0) is 9.53 Å². The Morgan fingerprint density at radius 1 is 1.67 bits per heavy atom. The first-order valence-corrected chi connectivity index (χ1v) is 5.07. The number of hydrogen-bond acceptors (Lipinski definition) is 2. The van der Waals surface area contributed by atoms with Crippen LogP contribution in [0.15, 0.2) is 12.2 Å². The molecule has 0 aromatic heterocycles. The third-order valence-corrected chi connectivity index (χ3v) is 2.38. The van der Waals surface area contributed by atoms with Crippen molar-refractivity contribution in [1.82, 2.24) is 0 Å². The van der Waals surface area contributed by atoms with Gasteiger partial charge in [0.15, 0.2) is 0 Å². The van der Waals surface area contributed by atoms with Gasteiger partial charge in [0, 0.05) is 11.8 Å². The normalized spacial score (nSPS) is 12.2. The standard InChI is InChI=1S/C9H15BrO2/c1-7(2)4-5-12-9(11)8(3)6-10/h8H,1,4-6H2,2-3H3/t8-/m0/s1. The fourth-order valence-electron chi connectivity index (χ4n) is 0.531. The summed E-state index contributed by atoms with van der Waals surface area (Å²) in [5.41, 5.74) is 1.04. The van der Waals surface area contributed by atoms with E-state index in [0.717, 1.165) is 12.0 Å². The van der Waals surface area contributed by atoms with Gasteiger partial charge in [-0.2, -0.15) is 0 Å². The highest BCUT2D eigenvalue weighted by atomic mass is 79.9. The molecule has 0 aliphatic carbocycles. The largest absolute Gasteiger partial charge is 0.465 e. The van der Waals surface area contributed by atoms with Gasteiger partial charge in [-0.1, -0.05) is 28.4 Å². The zero-order chi connectivity index (χ0) is 9.56. The maximum absolute atomic E-state index is 11.1. The molecule has 12 heavy (non-hydrogen) atoms. The third-order valence-electron chi connectivity index (χ3n) is 1.41. The molecule has 2 nitrogen and oxygen atoms in total. The van der Waals surface area contributed by atoms with Gasteiger partial charge >= 0.3 is 5.97 Å². The summed E-state index contributed by atoms with van der Waals surface area (Å²) in [6.07, 6.45) is 0.751. The summed E-state index contributed by atoms with van der Waals surface area (Å²) in [5, 5.41) is 0.652. The average Bonchev–Trinajstić information content (AvgIpc) is 2.02. The van der Waals surface area contributed by atoms with Crippen LogP contribution in [0.5, 0.6) is 0 Å². The van der Waals surface area contributed by atoms with Crippen molar-refractivity contribution in [2.45, 2.75) is 20.3 Å². The molecule has 0 saturated carbocycles. The van der Waals surface area contributed by atoms with E-state index >= 15 is 0 Å². The molecule has 1 atom stereocenters. The lowest BCUT2D eigenvalue weighted by atomic mass is 10.2. The van der Waals surface area contributed by atoms with Crippen LogP contribution in [0.3, 0.4) is 0 Å². The first-order chi connectivity index (χ1) is 5.57. The molecule has 0 saturated heterocycles. The van der Waals surface area contributed by atoms with Gasteiger partial charge in [0.1, 0.15) is 0 Å². The Balaban J connectivity index is 3.50. The Hall–Kier alpha value is -0.310. The van der Waals surface area contributed by atoms with E-state index in [9.17, 15) is 4.79 Å². The summed E-state index contributed by atoms with van der Waals surface area (Å²) in [6, 6.07) is 0. The van der Waals surface area contributed by atoms with E-state index < -0.39 is 0 Å². The monoisotopic (exact) mass is 234 g/mol. The van der Waals surface area contributed by atoms with E-state index in [1.165, 1.54) is 0 Å². The lowest BCUT2D eigenvalue weighted by molar-refractivity contribution is -0.146. The molecular formula is C9H15BrO2. The molecule has 0 heterocycles. The van der Waals surface area contributed by atoms with Crippen LogP contribution in [0.2, 0.25) is 0 Å². The second-order valence-corrected chi connectivity index (χ2v) is 3.58. The summed E-state index contributed by atoms with van der Waals surface area (Å²) < 4.78 is 4.98. The highest BCUT2D eigenvalue weighted by Gasteiger charge is 2.11. The summed E-state index contributed by atoms with van der Waals surface area (Å²) >= 11 is 3.22. The summed E-state index contributed by atoms with van der Waals surface area (Å²) in [7, 11) is 0. The molecule has 0 spiro atoms. The van der Waals surface area contributed by atoms with Crippen LogP contribution in [0.1, 0.15) is 20.3 Å². The van der Waals surface area contributed by atoms with Crippen LogP contribution in [0, 0.1) is 5.92 Å². The molecule has 0 radical (unpaired) electrons. The Labute approximate surface area is 82.1 Å². The lowest BCUT2D eigenvalue weighted by Gasteiger charge is -2.07. The predicted molar refractivity (Wildman–Crippen MR) is 53.3 cm³/mol. The molecule has 0 amide bonds. The molecule has 0 aliphatic heterocycles. The van der Waals surface area contributed by atoms with Crippen molar-refractivity contribution >= 4 is 21.9 Å². The average molecular weight is 235 g/mol. The van der Waals surface area contributed by atoms with E-state index in [0.29, 0.717) is 11.9 Å². The Kier molecular flexibility index (Phi) is 6.07. The zero-order valence-corrected chi connectivity index (χ0v) is 9.19. The Morgan fingerprint density at radius 3 is 2.67 bits per heavy atom. The number of ether oxygens (including phenoxy) is 1. The smallest absolute Gasteiger partial charge is 0.309 e. The number of esters is 1. The van der Waals surface area contributed by atoms with E-state index in [1.807, 2.05) is 13.8 Å². The zero-order valence-electron chi connectivity index (χ0n) is 7.60. The predicted octanol–water partition coefficient (Wildman–Crippen LogP) is 2.53. The van der Waals surface area contributed by atoms with Crippen molar-refractivity contribution in [2.75, 3.05) is 11.9 Å². The quantitative estimate of drug-likeness (QED) is 0.415. The SMILES string of the molecule is C=C(C)CCOC(=O)[C@@H](C)CBr. The van der Waals surface area contributed by atoms with Crippen LogP contribution in [0.25, 0.3) is 0 Å². The van der Waals surface area contributed by atoms with Gasteiger partial charge in [-0.15, -0.1) is 6.58 Å². The van der Waals surface area contributed by atoms with E-state index in [4.69, 9.17) is 4.74 Å². The molecule has 0 N–H and O–H groups in total. The molecule has 0 aromatic rings. The first-order valence-electron chi connectivity index (χ1n) is 3.95. The molecule has 0 unspecified atom stereocenters. The molecular weight excluding hydrogens is 220 g/mol. The molecule has 0 rings (SSSR count). The maximum Gasteiger partial charge on any atom is 0.309 e. The Bertz CT molecular complexity index is 166. The van der Waals surface area contributed by atoms with E-state index in [1.54, 1.807) is 0 Å². The second-order valence-electron chi connectivity index (χ2n) is 2.93. The number of carbonyl (C=O) groups excluding carboxylic acids is 1. The van der Waals surface area contributed by atoms with Crippen LogP contribution in [0.4, 0.5) is 0 Å². The van der Waals surface area contributed by atoms with Gasteiger partial charge in [-0.3, -0.25) is 4.79 Å². The fraction of sp³-hybridized carbons (Fsp3) is 0.667. The summed E-state index contributed by atoms with van der Waals surface area (Å²) in [4.78, 5) is 11.1. The van der Waals surface area contributed by atoms with Crippen LogP contribution in [-0.4, -0.2) is 17.9 Å². The van der Waals surface area contributed by atoms with Crippen LogP contribution >= 0.6 is 15.9 Å². The minimum absolute atomic E-state index is 0.0601. The minimum atomic E-state index is -0.145. The number of alkyl halides is 1. The van der Waals surface area contributed by atoms with Gasteiger partial charge in [0.05, 0.1) is 12.5 Å². The van der Waals surface area contributed by atoms with Gasteiger partial charge in [0.2, 0.25) is 0 Å². The van der Waals surface area contributed by atoms with E-state index in [-0.39, 0.29) is 11.9 Å². The molecule has 0 bridgehead atoms. The van der Waals surface area contributed by atoms with Gasteiger partial charge in [-0.25, -0.2) is 0 Å². The number of halogens is 1. The van der Waals surface area contributed by atoms with Crippen molar-refractivity contribution < 1.29 is 9.53 Å². The van der Waals surface area contributed by atoms with Gasteiger partial charge in [0.25, 0.3) is 0 Å². The van der Waals surface area contributed by atoms with Crippen LogP contribution < -0.4 is 0 Å². The van der Waals surface area contributed by atoms with E-state index in [2.05, 4.69) is 22.5 Å². The number of carbonyl (C=O) groups is 1. The van der Waals surface area contributed by atoms with Crippen molar-refractivity contribution in [1.29, 1.82) is 0 Å². The summed E-state index contributed by atoms with van der Waals surface area (Å²) in [5.74, 6) is -0.205. The highest BCUT2D eigenvalue weighted by Crippen LogP contribution is 2.04. The molecule has 0 aromatic carbocycles. The van der Waals surface area contributed by atoms with Crippen molar-refractivity contribution in [3.63, 3.8) is 0 Å². The number of hydrogen-bond donors (Lipinski definition) is 0. The highest BCUT2D eigenvalue weighted by molar-refractivity contribution is 9.09. The fourth-order valence-corrected chi connectivity index (χ4v) is 0.795. The van der Waals surface area contributed by atoms with Crippen molar-refractivity contribution in [3.8, 4) is 0 Å². The third kappa shape index (κ3) is 5.35. The lowest BCUT2D eigenvalue weighted by Crippen LogP contribution is -2.16. The minimum Gasteiger partial charge on any atom is -0.465 e. The second kappa shape index (κ2) is 6.23. The topological polar surface area (TPSA) is 26.3 Å². The molecule has 70 valence electrons. The molecule has 0 aliphatic rings. The van der Waals surface area contributed by atoms with Gasteiger partial charge in [-0.05, 0) is 6.92 Å².